The van der Waals surface area contributed by atoms with E-state index in [4.69, 9.17) is 4.74 Å². The van der Waals surface area contributed by atoms with Crippen LogP contribution >= 0.6 is 0 Å². The SMILES string of the molecule is CCCCCCCCCCC(C)OC(=O)c1ccc(F)cc1F. The molecule has 0 bridgehead atoms. The fourth-order valence-electron chi connectivity index (χ4n) is 2.53. The fraction of sp³-hybridized carbons (Fsp3) is 0.632. The van der Waals surface area contributed by atoms with Crippen molar-refractivity contribution in [3.05, 3.63) is 35.4 Å². The Kier molecular flexibility index (Phi) is 9.49. The van der Waals surface area contributed by atoms with Gasteiger partial charge in [0, 0.05) is 6.07 Å². The van der Waals surface area contributed by atoms with Crippen LogP contribution in [0.15, 0.2) is 18.2 Å². The van der Waals surface area contributed by atoms with Crippen molar-refractivity contribution in [2.75, 3.05) is 0 Å². The van der Waals surface area contributed by atoms with E-state index in [1.807, 2.05) is 0 Å². The summed E-state index contributed by atoms with van der Waals surface area (Å²) in [6, 6.07) is 2.87. The molecule has 2 nitrogen and oxygen atoms in total. The molecule has 1 aromatic rings. The lowest BCUT2D eigenvalue weighted by Gasteiger charge is -2.13. The molecule has 23 heavy (non-hydrogen) atoms. The maximum absolute atomic E-state index is 13.5. The summed E-state index contributed by atoms with van der Waals surface area (Å²) in [5, 5.41) is 0. The zero-order valence-corrected chi connectivity index (χ0v) is 14.2. The number of unbranched alkanes of at least 4 members (excludes halogenated alkanes) is 7. The van der Waals surface area contributed by atoms with Crippen LogP contribution in [0.25, 0.3) is 0 Å². The fourth-order valence-corrected chi connectivity index (χ4v) is 2.53. The molecule has 0 aliphatic rings. The first kappa shape index (κ1) is 19.6. The second kappa shape index (κ2) is 11.1. The summed E-state index contributed by atoms with van der Waals surface area (Å²) in [5.41, 5.74) is -0.214. The highest BCUT2D eigenvalue weighted by Crippen LogP contribution is 2.15. The highest BCUT2D eigenvalue weighted by molar-refractivity contribution is 5.89. The van der Waals surface area contributed by atoms with Gasteiger partial charge in [0.1, 0.15) is 11.6 Å². The third-order valence-corrected chi connectivity index (χ3v) is 3.92. The summed E-state index contributed by atoms with van der Waals surface area (Å²) >= 11 is 0. The van der Waals surface area contributed by atoms with E-state index in [0.29, 0.717) is 6.07 Å². The van der Waals surface area contributed by atoms with Crippen molar-refractivity contribution in [3.63, 3.8) is 0 Å². The summed E-state index contributed by atoms with van der Waals surface area (Å²) < 4.78 is 31.5. The number of hydrogen-bond donors (Lipinski definition) is 0. The van der Waals surface area contributed by atoms with E-state index in [-0.39, 0.29) is 11.7 Å². The van der Waals surface area contributed by atoms with Crippen LogP contribution in [0.1, 0.15) is 82.0 Å². The van der Waals surface area contributed by atoms with Gasteiger partial charge in [-0.25, -0.2) is 13.6 Å². The molecule has 0 N–H and O–H groups in total. The minimum atomic E-state index is -0.880. The first-order valence-corrected chi connectivity index (χ1v) is 8.70. The van der Waals surface area contributed by atoms with E-state index in [1.54, 1.807) is 6.92 Å². The van der Waals surface area contributed by atoms with E-state index in [1.165, 1.54) is 38.5 Å². The molecule has 1 unspecified atom stereocenters. The Labute approximate surface area is 138 Å². The topological polar surface area (TPSA) is 26.3 Å². The summed E-state index contributed by atoms with van der Waals surface area (Å²) in [4.78, 5) is 11.8. The predicted molar refractivity (Wildman–Crippen MR) is 88.5 cm³/mol. The molecule has 0 fully saturated rings. The van der Waals surface area contributed by atoms with Crippen LogP contribution in [0, 0.1) is 11.6 Å². The van der Waals surface area contributed by atoms with Crippen LogP contribution in [0.2, 0.25) is 0 Å². The Bertz CT molecular complexity index is 474. The zero-order chi connectivity index (χ0) is 17.1. The summed E-state index contributed by atoms with van der Waals surface area (Å²) in [6.45, 7) is 4.01. The predicted octanol–water partition coefficient (Wildman–Crippen LogP) is 6.04. The average Bonchev–Trinajstić information content (AvgIpc) is 2.49. The number of carbonyl (C=O) groups excluding carboxylic acids is 1. The van der Waals surface area contributed by atoms with Crippen LogP contribution in [0.4, 0.5) is 8.78 Å². The molecule has 0 saturated heterocycles. The van der Waals surface area contributed by atoms with Crippen molar-refractivity contribution in [2.24, 2.45) is 0 Å². The molecule has 1 rings (SSSR count). The second-order valence-corrected chi connectivity index (χ2v) is 6.10. The highest BCUT2D eigenvalue weighted by Gasteiger charge is 2.16. The Morgan fingerprint density at radius 1 is 1.04 bits per heavy atom. The number of ether oxygens (including phenoxy) is 1. The van der Waals surface area contributed by atoms with E-state index >= 15 is 0 Å². The van der Waals surface area contributed by atoms with Gasteiger partial charge in [0.05, 0.1) is 11.7 Å². The lowest BCUT2D eigenvalue weighted by molar-refractivity contribution is 0.0314. The normalized spacial score (nSPS) is 12.2. The van der Waals surface area contributed by atoms with Gasteiger partial charge in [-0.1, -0.05) is 51.9 Å². The quantitative estimate of drug-likeness (QED) is 0.366. The van der Waals surface area contributed by atoms with Gasteiger partial charge in [-0.3, -0.25) is 0 Å². The van der Waals surface area contributed by atoms with Crippen LogP contribution in [0.5, 0.6) is 0 Å². The molecule has 1 aromatic carbocycles. The van der Waals surface area contributed by atoms with E-state index in [0.717, 1.165) is 31.4 Å². The number of benzene rings is 1. The van der Waals surface area contributed by atoms with Crippen molar-refractivity contribution in [1.29, 1.82) is 0 Å². The number of hydrogen-bond acceptors (Lipinski definition) is 2. The summed E-state index contributed by atoms with van der Waals surface area (Å²) in [5.74, 6) is -2.31. The number of halogens is 2. The van der Waals surface area contributed by atoms with E-state index in [9.17, 15) is 13.6 Å². The molecule has 0 saturated carbocycles. The van der Waals surface area contributed by atoms with Gasteiger partial charge in [0.2, 0.25) is 0 Å². The third kappa shape index (κ3) is 8.10. The van der Waals surface area contributed by atoms with Crippen molar-refractivity contribution in [3.8, 4) is 0 Å². The minimum Gasteiger partial charge on any atom is -0.459 e. The molecule has 0 radical (unpaired) electrons. The standard InChI is InChI=1S/C19H28F2O2/c1-3-4-5-6-7-8-9-10-11-15(2)23-19(22)17-13-12-16(20)14-18(17)21/h12-15H,3-11H2,1-2H3. The summed E-state index contributed by atoms with van der Waals surface area (Å²) in [6.07, 6.45) is 10.3. The van der Waals surface area contributed by atoms with Crippen LogP contribution < -0.4 is 0 Å². The molecule has 130 valence electrons. The first-order chi connectivity index (χ1) is 11.0. The number of esters is 1. The Morgan fingerprint density at radius 2 is 1.65 bits per heavy atom. The molecule has 4 heteroatoms. The first-order valence-electron chi connectivity index (χ1n) is 8.70. The van der Waals surface area contributed by atoms with Crippen LogP contribution in [-0.2, 0) is 4.74 Å². The van der Waals surface area contributed by atoms with Gasteiger partial charge in [0.25, 0.3) is 0 Å². The Balaban J connectivity index is 2.18. The smallest absolute Gasteiger partial charge is 0.341 e. The van der Waals surface area contributed by atoms with Crippen LogP contribution in [0.3, 0.4) is 0 Å². The largest absolute Gasteiger partial charge is 0.459 e. The molecule has 0 amide bonds. The van der Waals surface area contributed by atoms with E-state index in [2.05, 4.69) is 6.92 Å². The van der Waals surface area contributed by atoms with Crippen molar-refractivity contribution in [2.45, 2.75) is 77.7 Å². The average molecular weight is 326 g/mol. The number of carbonyl (C=O) groups is 1. The lowest BCUT2D eigenvalue weighted by atomic mass is 10.1. The minimum absolute atomic E-state index is 0.214. The van der Waals surface area contributed by atoms with E-state index < -0.39 is 17.6 Å². The zero-order valence-electron chi connectivity index (χ0n) is 14.2. The van der Waals surface area contributed by atoms with Gasteiger partial charge in [0.15, 0.2) is 0 Å². The summed E-state index contributed by atoms with van der Waals surface area (Å²) in [7, 11) is 0. The second-order valence-electron chi connectivity index (χ2n) is 6.10. The maximum atomic E-state index is 13.5. The number of rotatable bonds is 11. The molecular formula is C19H28F2O2. The lowest BCUT2D eigenvalue weighted by Crippen LogP contribution is -2.16. The van der Waals surface area contributed by atoms with Crippen molar-refractivity contribution >= 4 is 5.97 Å². The molecule has 0 aliphatic carbocycles. The van der Waals surface area contributed by atoms with Gasteiger partial charge >= 0.3 is 5.97 Å². The monoisotopic (exact) mass is 326 g/mol. The Morgan fingerprint density at radius 3 is 2.26 bits per heavy atom. The molecular weight excluding hydrogens is 298 g/mol. The van der Waals surface area contributed by atoms with Crippen molar-refractivity contribution in [1.82, 2.24) is 0 Å². The van der Waals surface area contributed by atoms with Gasteiger partial charge in [-0.15, -0.1) is 0 Å². The Hall–Kier alpha value is -1.45. The van der Waals surface area contributed by atoms with Gasteiger partial charge < -0.3 is 4.74 Å². The molecule has 0 aromatic heterocycles. The van der Waals surface area contributed by atoms with Crippen LogP contribution in [-0.4, -0.2) is 12.1 Å². The van der Waals surface area contributed by atoms with Gasteiger partial charge in [-0.2, -0.15) is 0 Å². The third-order valence-electron chi connectivity index (χ3n) is 3.92. The molecule has 0 spiro atoms. The molecule has 0 aliphatic heterocycles. The van der Waals surface area contributed by atoms with Crippen molar-refractivity contribution < 1.29 is 18.3 Å². The molecule has 0 heterocycles. The maximum Gasteiger partial charge on any atom is 0.341 e. The molecule has 1 atom stereocenters. The highest BCUT2D eigenvalue weighted by atomic mass is 19.1. The van der Waals surface area contributed by atoms with Gasteiger partial charge in [-0.05, 0) is 31.9 Å².